The first-order valence-electron chi connectivity index (χ1n) is 11.2. The number of nitrogens with zero attached hydrogens (tertiary/aromatic N) is 3. The van der Waals surface area contributed by atoms with Crippen LogP contribution < -0.4 is 9.47 Å². The number of hydrogen-bond acceptors (Lipinski definition) is 5. The Kier molecular flexibility index (Phi) is 7.28. The molecule has 0 spiro atoms. The molecule has 0 saturated carbocycles. The van der Waals surface area contributed by atoms with Crippen molar-refractivity contribution in [3.05, 3.63) is 95.1 Å². The van der Waals surface area contributed by atoms with Crippen molar-refractivity contribution in [2.24, 2.45) is 5.10 Å². The fourth-order valence-corrected chi connectivity index (χ4v) is 4.07. The second-order valence-electron chi connectivity index (χ2n) is 8.29. The van der Waals surface area contributed by atoms with E-state index in [0.29, 0.717) is 34.8 Å². The van der Waals surface area contributed by atoms with Crippen LogP contribution in [0.3, 0.4) is 0 Å². The molecule has 1 atom stereocenters. The molecule has 4 rings (SSSR count). The Bertz CT molecular complexity index is 1310. The maximum Gasteiger partial charge on any atom is 0.262 e. The smallest absolute Gasteiger partial charge is 0.262 e. The molecule has 7 nitrogen and oxygen atoms in total. The maximum absolute atomic E-state index is 13.6. The van der Waals surface area contributed by atoms with Crippen LogP contribution in [0.5, 0.6) is 11.5 Å². The molecule has 1 aliphatic rings. The summed E-state index contributed by atoms with van der Waals surface area (Å²) in [6, 6.07) is 15.9. The summed E-state index contributed by atoms with van der Waals surface area (Å²) in [7, 11) is 4.54. The number of ether oxygens (including phenoxy) is 2. The molecule has 0 aliphatic carbocycles. The lowest BCUT2D eigenvalue weighted by atomic mass is 9.97. The van der Waals surface area contributed by atoms with Crippen LogP contribution in [0.1, 0.15) is 33.9 Å². The maximum atomic E-state index is 13.6. The predicted molar refractivity (Wildman–Crippen MR) is 130 cm³/mol. The Labute approximate surface area is 207 Å². The first-order chi connectivity index (χ1) is 17.3. The summed E-state index contributed by atoms with van der Waals surface area (Å²) >= 11 is 0. The van der Waals surface area contributed by atoms with Gasteiger partial charge < -0.3 is 14.4 Å². The van der Waals surface area contributed by atoms with Gasteiger partial charge in [0.1, 0.15) is 29.7 Å². The Hall–Kier alpha value is -4.27. The lowest BCUT2D eigenvalue weighted by Gasteiger charge is -2.25. The van der Waals surface area contributed by atoms with E-state index < -0.39 is 29.5 Å². The van der Waals surface area contributed by atoms with Crippen LogP contribution in [-0.4, -0.2) is 55.2 Å². The molecule has 36 heavy (non-hydrogen) atoms. The van der Waals surface area contributed by atoms with Crippen LogP contribution >= 0.6 is 0 Å². The Morgan fingerprint density at radius 2 is 1.75 bits per heavy atom. The lowest BCUT2D eigenvalue weighted by Crippen LogP contribution is -2.39. The standard InChI is InChI=1S/C27H25F2N3O4/c1-31(27(34)18-5-4-6-20(29)13-18)16-26(33)32-24(17-7-9-19(28)10-8-17)15-23(30-32)22-12-11-21(35-2)14-25(22)36-3/h4-14,24H,15-16H2,1-3H3/t24-/m1/s1. The molecule has 186 valence electrons. The van der Waals surface area contributed by atoms with Crippen LogP contribution in [0.4, 0.5) is 8.78 Å². The molecule has 3 aromatic rings. The number of hydrazone groups is 1. The minimum atomic E-state index is -0.542. The third-order valence-corrected chi connectivity index (χ3v) is 5.93. The van der Waals surface area contributed by atoms with Gasteiger partial charge in [-0.2, -0.15) is 5.10 Å². The third-order valence-electron chi connectivity index (χ3n) is 5.93. The van der Waals surface area contributed by atoms with Gasteiger partial charge in [-0.25, -0.2) is 13.8 Å². The summed E-state index contributed by atoms with van der Waals surface area (Å²) in [5, 5.41) is 5.90. The van der Waals surface area contributed by atoms with Gasteiger partial charge in [0, 0.05) is 30.7 Å². The molecule has 0 unspecified atom stereocenters. The molecule has 0 fully saturated rings. The summed E-state index contributed by atoms with van der Waals surface area (Å²) in [5.41, 5.74) is 2.10. The lowest BCUT2D eigenvalue weighted by molar-refractivity contribution is -0.133. The summed E-state index contributed by atoms with van der Waals surface area (Å²) in [6.45, 7) is -0.288. The normalized spacial score (nSPS) is 14.9. The number of rotatable bonds is 7. The Balaban J connectivity index is 1.63. The van der Waals surface area contributed by atoms with Crippen LogP contribution in [0.2, 0.25) is 0 Å². The van der Waals surface area contributed by atoms with Crippen molar-refractivity contribution in [2.75, 3.05) is 27.8 Å². The molecule has 1 aliphatic heterocycles. The zero-order chi connectivity index (χ0) is 25.8. The number of halogens is 2. The zero-order valence-corrected chi connectivity index (χ0v) is 20.1. The summed E-state index contributed by atoms with van der Waals surface area (Å²) in [5.74, 6) is -0.749. The highest BCUT2D eigenvalue weighted by atomic mass is 19.1. The Morgan fingerprint density at radius 1 is 1.00 bits per heavy atom. The zero-order valence-electron chi connectivity index (χ0n) is 20.1. The first kappa shape index (κ1) is 24.8. The molecule has 0 bridgehead atoms. The van der Waals surface area contributed by atoms with E-state index in [1.165, 1.54) is 54.4 Å². The van der Waals surface area contributed by atoms with E-state index in [0.717, 1.165) is 6.07 Å². The van der Waals surface area contributed by atoms with Crippen LogP contribution in [0, 0.1) is 11.6 Å². The van der Waals surface area contributed by atoms with Crippen molar-refractivity contribution >= 4 is 17.5 Å². The number of amides is 2. The van der Waals surface area contributed by atoms with Gasteiger partial charge in [0.15, 0.2) is 0 Å². The number of methoxy groups -OCH3 is 2. The average Bonchev–Trinajstić information content (AvgIpc) is 3.33. The molecule has 0 radical (unpaired) electrons. The molecule has 9 heteroatoms. The highest BCUT2D eigenvalue weighted by molar-refractivity contribution is 6.05. The monoisotopic (exact) mass is 493 g/mol. The number of hydrogen-bond donors (Lipinski definition) is 0. The van der Waals surface area contributed by atoms with E-state index in [9.17, 15) is 18.4 Å². The molecule has 2 amide bonds. The van der Waals surface area contributed by atoms with E-state index in [1.807, 2.05) is 0 Å². The van der Waals surface area contributed by atoms with Gasteiger partial charge in [0.25, 0.3) is 11.8 Å². The van der Waals surface area contributed by atoms with Crippen LogP contribution in [0.15, 0.2) is 71.8 Å². The van der Waals surface area contributed by atoms with E-state index in [-0.39, 0.29) is 12.1 Å². The van der Waals surface area contributed by atoms with E-state index in [2.05, 4.69) is 5.10 Å². The fourth-order valence-electron chi connectivity index (χ4n) is 4.07. The van der Waals surface area contributed by atoms with Gasteiger partial charge >= 0.3 is 0 Å². The van der Waals surface area contributed by atoms with Gasteiger partial charge in [0.05, 0.1) is 26.0 Å². The minimum absolute atomic E-state index is 0.133. The van der Waals surface area contributed by atoms with Gasteiger partial charge in [-0.3, -0.25) is 9.59 Å². The first-order valence-corrected chi connectivity index (χ1v) is 11.2. The molecular formula is C27H25F2N3O4. The number of likely N-dealkylation sites (N-methyl/N-ethyl adjacent to an activating group) is 1. The van der Waals surface area contributed by atoms with Crippen molar-refractivity contribution in [3.8, 4) is 11.5 Å². The minimum Gasteiger partial charge on any atom is -0.497 e. The van der Waals surface area contributed by atoms with Crippen LogP contribution in [0.25, 0.3) is 0 Å². The topological polar surface area (TPSA) is 71.4 Å². The number of benzene rings is 3. The van der Waals surface area contributed by atoms with E-state index in [4.69, 9.17) is 9.47 Å². The van der Waals surface area contributed by atoms with Crippen molar-refractivity contribution in [1.29, 1.82) is 0 Å². The SMILES string of the molecule is COc1ccc(C2=NN(C(=O)CN(C)C(=O)c3cccc(F)c3)[C@@H](c3ccc(F)cc3)C2)c(OC)c1. The van der Waals surface area contributed by atoms with Gasteiger partial charge in [-0.15, -0.1) is 0 Å². The van der Waals surface area contributed by atoms with Gasteiger partial charge in [0.2, 0.25) is 0 Å². The fraction of sp³-hybridized carbons (Fsp3) is 0.222. The number of carbonyl (C=O) groups excluding carboxylic acids is 2. The quantitative estimate of drug-likeness (QED) is 0.488. The number of carbonyl (C=O) groups is 2. The summed E-state index contributed by atoms with van der Waals surface area (Å²) in [6.07, 6.45) is 0.349. The predicted octanol–water partition coefficient (Wildman–Crippen LogP) is 4.43. The third kappa shape index (κ3) is 5.19. The van der Waals surface area contributed by atoms with Crippen molar-refractivity contribution < 1.29 is 27.8 Å². The van der Waals surface area contributed by atoms with Crippen molar-refractivity contribution in [2.45, 2.75) is 12.5 Å². The molecular weight excluding hydrogens is 468 g/mol. The molecule has 0 saturated heterocycles. The summed E-state index contributed by atoms with van der Waals surface area (Å²) in [4.78, 5) is 27.3. The second kappa shape index (κ2) is 10.6. The van der Waals surface area contributed by atoms with Crippen molar-refractivity contribution in [1.82, 2.24) is 9.91 Å². The largest absolute Gasteiger partial charge is 0.497 e. The summed E-state index contributed by atoms with van der Waals surface area (Å²) < 4.78 is 37.9. The van der Waals surface area contributed by atoms with Crippen LogP contribution in [-0.2, 0) is 4.79 Å². The molecule has 3 aromatic carbocycles. The highest BCUT2D eigenvalue weighted by Gasteiger charge is 2.35. The second-order valence-corrected chi connectivity index (χ2v) is 8.29. The molecule has 0 aromatic heterocycles. The average molecular weight is 494 g/mol. The van der Waals surface area contributed by atoms with Gasteiger partial charge in [-0.05, 0) is 48.0 Å². The Morgan fingerprint density at radius 3 is 2.42 bits per heavy atom. The molecule has 0 N–H and O–H groups in total. The van der Waals surface area contributed by atoms with E-state index in [1.54, 1.807) is 37.4 Å². The molecule has 1 heterocycles. The highest BCUT2D eigenvalue weighted by Crippen LogP contribution is 2.36. The van der Waals surface area contributed by atoms with Gasteiger partial charge in [-0.1, -0.05) is 18.2 Å². The van der Waals surface area contributed by atoms with Crippen molar-refractivity contribution in [3.63, 3.8) is 0 Å². The van der Waals surface area contributed by atoms with E-state index >= 15 is 0 Å².